The molecule has 0 spiro atoms. The van der Waals surface area contributed by atoms with Gasteiger partial charge in [0.15, 0.2) is 17.1 Å². The van der Waals surface area contributed by atoms with Crippen molar-refractivity contribution in [3.63, 3.8) is 0 Å². The van der Waals surface area contributed by atoms with Gasteiger partial charge in [-0.05, 0) is 18.9 Å². The number of aromatic nitrogens is 4. The highest BCUT2D eigenvalue weighted by atomic mass is 16.6. The summed E-state index contributed by atoms with van der Waals surface area (Å²) in [5, 5.41) is 2.93. The van der Waals surface area contributed by atoms with E-state index in [-0.39, 0.29) is 18.2 Å². The molecule has 3 aromatic heterocycles. The number of hydrogen-bond acceptors (Lipinski definition) is 10. The summed E-state index contributed by atoms with van der Waals surface area (Å²) >= 11 is 0. The lowest BCUT2D eigenvalue weighted by atomic mass is 10.1. The van der Waals surface area contributed by atoms with Crippen molar-refractivity contribution in [3.05, 3.63) is 46.6 Å². The molecule has 1 saturated heterocycles. The van der Waals surface area contributed by atoms with Crippen LogP contribution >= 0.6 is 0 Å². The van der Waals surface area contributed by atoms with Gasteiger partial charge in [-0.3, -0.25) is 14.3 Å². The minimum Gasteiger partial charge on any atom is -0.486 e. The first-order valence-electron chi connectivity index (χ1n) is 11.9. The summed E-state index contributed by atoms with van der Waals surface area (Å²) in [6, 6.07) is 5.26. The molecule has 12 nitrogen and oxygen atoms in total. The molecule has 5 heterocycles. The molecule has 190 valence electrons. The minimum atomic E-state index is -0.472. The van der Waals surface area contributed by atoms with Gasteiger partial charge in [0.05, 0.1) is 25.2 Å². The Kier molecular flexibility index (Phi) is 7.12. The van der Waals surface area contributed by atoms with Gasteiger partial charge in [-0.25, -0.2) is 9.78 Å². The zero-order chi connectivity index (χ0) is 24.9. The number of piperidine rings is 1. The van der Waals surface area contributed by atoms with Crippen LogP contribution in [0, 0.1) is 0 Å². The molecule has 0 aromatic carbocycles. The third-order valence-corrected chi connectivity index (χ3v) is 6.26. The summed E-state index contributed by atoms with van der Waals surface area (Å²) in [6.07, 6.45) is 4.00. The van der Waals surface area contributed by atoms with Crippen molar-refractivity contribution in [2.45, 2.75) is 32.0 Å². The molecule has 12 heteroatoms. The Hall–Kier alpha value is -3.93. The van der Waals surface area contributed by atoms with Crippen molar-refractivity contribution < 1.29 is 23.7 Å². The molecule has 3 aromatic rings. The molecule has 5 rings (SSSR count). The fraction of sp³-hybridized carbons (Fsp3) is 0.458. The van der Waals surface area contributed by atoms with Crippen LogP contribution in [0.25, 0.3) is 11.2 Å². The Bertz CT molecular complexity index is 1290. The van der Waals surface area contributed by atoms with Gasteiger partial charge in [0.25, 0.3) is 5.56 Å². The molecule has 0 saturated carbocycles. The van der Waals surface area contributed by atoms with E-state index >= 15 is 0 Å². The number of rotatable bonds is 7. The van der Waals surface area contributed by atoms with Crippen molar-refractivity contribution >= 4 is 17.3 Å². The van der Waals surface area contributed by atoms with Gasteiger partial charge >= 0.3 is 6.09 Å². The number of amides is 1. The zero-order valence-electron chi connectivity index (χ0n) is 20.0. The van der Waals surface area contributed by atoms with Gasteiger partial charge in [-0.2, -0.15) is 4.98 Å². The van der Waals surface area contributed by atoms with Gasteiger partial charge in [-0.15, -0.1) is 0 Å². The number of ether oxygens (including phenoxy) is 4. The number of fused-ring (bicyclic) bond motifs is 2. The van der Waals surface area contributed by atoms with E-state index < -0.39 is 6.09 Å². The first-order valence-corrected chi connectivity index (χ1v) is 11.9. The van der Waals surface area contributed by atoms with Crippen LogP contribution in [-0.4, -0.2) is 76.5 Å². The first-order chi connectivity index (χ1) is 17.6. The van der Waals surface area contributed by atoms with Crippen LogP contribution in [0.2, 0.25) is 0 Å². The molecule has 1 amide bonds. The number of methoxy groups -OCH3 is 1. The fourth-order valence-electron chi connectivity index (χ4n) is 4.31. The average molecular weight is 497 g/mol. The smallest absolute Gasteiger partial charge is 0.407 e. The highest BCUT2D eigenvalue weighted by Crippen LogP contribution is 2.29. The summed E-state index contributed by atoms with van der Waals surface area (Å²) in [5.41, 5.74) is 1.54. The molecule has 0 bridgehead atoms. The molecule has 0 aliphatic carbocycles. The average Bonchev–Trinajstić information content (AvgIpc) is 2.91. The third kappa shape index (κ3) is 5.48. The standard InChI is InChI=1S/C24H28N6O6/c1-33-21-3-2-18-23(28-21)30(22(31)14-26-18)9-8-29-6-4-16(5-7-29)27-24(32)36-15-17-12-19-20(13-25-17)35-11-10-34-19/h2-3,12-14,16H,4-11,15H2,1H3,(H,27,32). The molecule has 0 radical (unpaired) electrons. The van der Waals surface area contributed by atoms with Crippen molar-refractivity contribution in [3.8, 4) is 17.4 Å². The van der Waals surface area contributed by atoms with Crippen LogP contribution in [0.5, 0.6) is 17.4 Å². The molecule has 1 N–H and O–H groups in total. The number of alkyl carbamates (subject to hydrolysis) is 1. The lowest BCUT2D eigenvalue weighted by Gasteiger charge is -2.32. The third-order valence-electron chi connectivity index (χ3n) is 6.26. The van der Waals surface area contributed by atoms with E-state index in [4.69, 9.17) is 18.9 Å². The van der Waals surface area contributed by atoms with Crippen LogP contribution in [0.1, 0.15) is 18.5 Å². The monoisotopic (exact) mass is 496 g/mol. The van der Waals surface area contributed by atoms with Gasteiger partial charge in [0, 0.05) is 44.4 Å². The van der Waals surface area contributed by atoms with Crippen molar-refractivity contribution in [2.24, 2.45) is 0 Å². The lowest BCUT2D eigenvalue weighted by molar-refractivity contribution is 0.124. The van der Waals surface area contributed by atoms with Crippen molar-refractivity contribution in [1.29, 1.82) is 0 Å². The predicted molar refractivity (Wildman–Crippen MR) is 128 cm³/mol. The second kappa shape index (κ2) is 10.8. The minimum absolute atomic E-state index is 0.0254. The summed E-state index contributed by atoms with van der Waals surface area (Å²) in [5.74, 6) is 1.64. The second-order valence-electron chi connectivity index (χ2n) is 8.60. The molecule has 0 atom stereocenters. The number of pyridine rings is 2. The maximum absolute atomic E-state index is 12.4. The Morgan fingerprint density at radius 2 is 1.92 bits per heavy atom. The summed E-state index contributed by atoms with van der Waals surface area (Å²) in [6.45, 7) is 3.79. The number of carbonyl (C=O) groups is 1. The topological polar surface area (TPSA) is 130 Å². The van der Waals surface area contributed by atoms with E-state index in [0.29, 0.717) is 60.5 Å². The zero-order valence-corrected chi connectivity index (χ0v) is 20.0. The molecule has 36 heavy (non-hydrogen) atoms. The van der Waals surface area contributed by atoms with Crippen LogP contribution in [0.3, 0.4) is 0 Å². The highest BCUT2D eigenvalue weighted by Gasteiger charge is 2.22. The first kappa shape index (κ1) is 23.8. The van der Waals surface area contributed by atoms with Gasteiger partial charge < -0.3 is 29.2 Å². The number of likely N-dealkylation sites (tertiary alicyclic amines) is 1. The van der Waals surface area contributed by atoms with Crippen LogP contribution < -0.4 is 25.1 Å². The van der Waals surface area contributed by atoms with E-state index in [0.717, 1.165) is 25.9 Å². The summed E-state index contributed by atoms with van der Waals surface area (Å²) in [4.78, 5) is 39.8. The molecular formula is C24H28N6O6. The normalized spacial score (nSPS) is 16.0. The van der Waals surface area contributed by atoms with E-state index in [1.54, 1.807) is 29.0 Å². The lowest BCUT2D eigenvalue weighted by Crippen LogP contribution is -2.45. The quantitative estimate of drug-likeness (QED) is 0.512. The van der Waals surface area contributed by atoms with Crippen molar-refractivity contribution in [1.82, 2.24) is 29.7 Å². The highest BCUT2D eigenvalue weighted by molar-refractivity contribution is 5.70. The van der Waals surface area contributed by atoms with E-state index in [1.807, 2.05) is 0 Å². The van der Waals surface area contributed by atoms with Gasteiger partial charge in [-0.1, -0.05) is 0 Å². The molecule has 1 fully saturated rings. The maximum atomic E-state index is 12.4. The van der Waals surface area contributed by atoms with Crippen LogP contribution in [-0.2, 0) is 17.9 Å². The number of hydrogen-bond donors (Lipinski definition) is 1. The number of carbonyl (C=O) groups excluding carboxylic acids is 1. The van der Waals surface area contributed by atoms with Gasteiger partial charge in [0.1, 0.15) is 25.3 Å². The van der Waals surface area contributed by atoms with Gasteiger partial charge in [0.2, 0.25) is 5.88 Å². The Morgan fingerprint density at radius 3 is 2.72 bits per heavy atom. The molecule has 0 unspecified atom stereocenters. The molecular weight excluding hydrogens is 468 g/mol. The number of nitrogens with one attached hydrogen (secondary N) is 1. The summed E-state index contributed by atoms with van der Waals surface area (Å²) < 4.78 is 23.1. The van der Waals surface area contributed by atoms with E-state index in [2.05, 4.69) is 25.2 Å². The SMILES string of the molecule is COc1ccc2ncc(=O)n(CCN3CCC(NC(=O)OCc4cc5c(cn4)OCCO5)CC3)c2n1. The Labute approximate surface area is 207 Å². The number of nitrogens with zero attached hydrogens (tertiary/aromatic N) is 5. The van der Waals surface area contributed by atoms with Crippen LogP contribution in [0.15, 0.2) is 35.4 Å². The molecule has 2 aliphatic rings. The maximum Gasteiger partial charge on any atom is 0.407 e. The van der Waals surface area contributed by atoms with Crippen LogP contribution in [0.4, 0.5) is 4.79 Å². The Morgan fingerprint density at radius 1 is 1.11 bits per heavy atom. The van der Waals surface area contributed by atoms with Crippen molar-refractivity contribution in [2.75, 3.05) is 40.0 Å². The Balaban J connectivity index is 1.08. The molecule has 2 aliphatic heterocycles. The van der Waals surface area contributed by atoms with E-state index in [1.165, 1.54) is 13.3 Å². The summed E-state index contributed by atoms with van der Waals surface area (Å²) in [7, 11) is 1.54. The van der Waals surface area contributed by atoms with E-state index in [9.17, 15) is 9.59 Å². The second-order valence-corrected chi connectivity index (χ2v) is 8.60. The predicted octanol–water partition coefficient (Wildman–Crippen LogP) is 1.36. The fourth-order valence-corrected chi connectivity index (χ4v) is 4.31. The largest absolute Gasteiger partial charge is 0.486 e.